The second kappa shape index (κ2) is 15.4. The molecule has 2 aromatic rings. The minimum Gasteiger partial charge on any atom is -0.475 e. The van der Waals surface area contributed by atoms with E-state index >= 15 is 0 Å². The van der Waals surface area contributed by atoms with Crippen molar-refractivity contribution in [3.8, 4) is 17.3 Å². The molecule has 0 radical (unpaired) electrons. The van der Waals surface area contributed by atoms with Crippen LogP contribution in [-0.2, 0) is 18.6 Å². The number of benzene rings is 1. The molecule has 0 saturated carbocycles. The summed E-state index contributed by atoms with van der Waals surface area (Å²) in [7, 11) is -4.37. The predicted octanol–water partition coefficient (Wildman–Crippen LogP) is 1.18. The quantitative estimate of drug-likeness (QED) is 0.115. The molecule has 15 heteroatoms. The van der Waals surface area contributed by atoms with E-state index in [0.717, 1.165) is 0 Å². The van der Waals surface area contributed by atoms with Crippen molar-refractivity contribution in [2.75, 3.05) is 52.2 Å². The number of aromatic nitrogens is 2. The molecule has 1 aliphatic heterocycles. The smallest absolute Gasteiger partial charge is 0.417 e. The zero-order chi connectivity index (χ0) is 29.0. The fourth-order valence-electron chi connectivity index (χ4n) is 3.60. The van der Waals surface area contributed by atoms with Gasteiger partial charge >= 0.3 is 19.7 Å². The second-order valence-electron chi connectivity index (χ2n) is 8.81. The Hall–Kier alpha value is -3.42. The molecule has 4 N–H and O–H groups in total. The van der Waals surface area contributed by atoms with Crippen molar-refractivity contribution in [1.82, 2.24) is 25.5 Å². The number of rotatable bonds is 13. The lowest BCUT2D eigenvalue weighted by Crippen LogP contribution is -2.50. The first-order chi connectivity index (χ1) is 19.2. The van der Waals surface area contributed by atoms with Crippen molar-refractivity contribution < 1.29 is 42.9 Å². The van der Waals surface area contributed by atoms with Crippen LogP contribution in [0.5, 0.6) is 5.88 Å². The van der Waals surface area contributed by atoms with Crippen LogP contribution in [0.1, 0.15) is 30.3 Å². The maximum atomic E-state index is 13.3. The van der Waals surface area contributed by atoms with Crippen LogP contribution in [0.25, 0.3) is 11.4 Å². The van der Waals surface area contributed by atoms with Gasteiger partial charge in [-0.05, 0) is 6.42 Å². The Morgan fingerprint density at radius 3 is 2.55 bits per heavy atom. The van der Waals surface area contributed by atoms with Crippen LogP contribution >= 0.6 is 7.60 Å². The number of hydrogen-bond donors (Lipinski definition) is 4. The Bertz CT molecular complexity index is 1190. The number of piperazine rings is 1. The highest BCUT2D eigenvalue weighted by Gasteiger charge is 2.35. The first-order valence-corrected chi connectivity index (χ1v) is 14.7. The molecule has 2 unspecified atom stereocenters. The van der Waals surface area contributed by atoms with Gasteiger partial charge in [0.25, 0.3) is 5.91 Å². The summed E-state index contributed by atoms with van der Waals surface area (Å²) >= 11 is 0. The van der Waals surface area contributed by atoms with Gasteiger partial charge in [0.2, 0.25) is 5.88 Å². The molecule has 3 rings (SSSR count). The number of hydrogen-bond acceptors (Lipinski definition) is 11. The summed E-state index contributed by atoms with van der Waals surface area (Å²) in [5.74, 6) is -2.03. The van der Waals surface area contributed by atoms with Gasteiger partial charge in [0.05, 0.1) is 19.4 Å². The fourth-order valence-corrected chi connectivity index (χ4v) is 4.82. The topological polar surface area (TPSA) is 190 Å². The van der Waals surface area contributed by atoms with Crippen LogP contribution in [-0.4, -0.2) is 101 Å². The molecule has 218 valence electrons. The molecule has 0 aliphatic carbocycles. The summed E-state index contributed by atoms with van der Waals surface area (Å²) in [6.45, 7) is 3.08. The van der Waals surface area contributed by atoms with Crippen molar-refractivity contribution in [2.45, 2.75) is 25.8 Å². The SMILES string of the molecule is CCCCOP(=O)(O)CC(NC(=O)c1cc(OCCO)nc(-c2ccccc2)n1)C(=O)OC(=O)N1CCNCC1. The lowest BCUT2D eigenvalue weighted by atomic mass is 10.2. The maximum Gasteiger partial charge on any atom is 0.417 e. The Morgan fingerprint density at radius 1 is 1.15 bits per heavy atom. The molecule has 1 aromatic heterocycles. The molecule has 2 atom stereocenters. The number of aliphatic hydroxyl groups excluding tert-OH is 1. The van der Waals surface area contributed by atoms with Crippen LogP contribution in [0.15, 0.2) is 36.4 Å². The van der Waals surface area contributed by atoms with Crippen molar-refractivity contribution in [2.24, 2.45) is 0 Å². The van der Waals surface area contributed by atoms with Gasteiger partial charge in [-0.15, -0.1) is 0 Å². The zero-order valence-electron chi connectivity index (χ0n) is 22.2. The van der Waals surface area contributed by atoms with E-state index in [9.17, 15) is 23.8 Å². The highest BCUT2D eigenvalue weighted by Crippen LogP contribution is 2.42. The van der Waals surface area contributed by atoms with E-state index in [1.165, 1.54) is 11.0 Å². The van der Waals surface area contributed by atoms with E-state index in [4.69, 9.17) is 19.1 Å². The number of ether oxygens (including phenoxy) is 2. The molecule has 40 heavy (non-hydrogen) atoms. The van der Waals surface area contributed by atoms with E-state index in [2.05, 4.69) is 20.6 Å². The standard InChI is InChI=1S/C25H34N5O9P/c1-2-3-14-38-40(35,36)17-20(24(33)39-25(34)30-11-9-26-10-12-30)28-23(32)19-16-21(37-15-13-31)29-22(27-19)18-7-5-4-6-8-18/h4-8,16,20,26,31H,2-3,9-15,17H2,1H3,(H,28,32)(H,35,36). The number of amides is 2. The second-order valence-corrected chi connectivity index (χ2v) is 10.7. The van der Waals surface area contributed by atoms with Crippen LogP contribution in [0.4, 0.5) is 4.79 Å². The number of esters is 1. The van der Waals surface area contributed by atoms with Crippen LogP contribution < -0.4 is 15.4 Å². The van der Waals surface area contributed by atoms with Gasteiger partial charge in [-0.25, -0.2) is 14.6 Å². The first-order valence-electron chi connectivity index (χ1n) is 12.9. The number of carbonyl (C=O) groups is 3. The third-order valence-corrected chi connectivity index (χ3v) is 7.08. The molecule has 2 amide bonds. The van der Waals surface area contributed by atoms with Crippen LogP contribution in [0, 0.1) is 0 Å². The van der Waals surface area contributed by atoms with Gasteiger partial charge in [0.1, 0.15) is 18.3 Å². The highest BCUT2D eigenvalue weighted by molar-refractivity contribution is 7.52. The molecule has 2 heterocycles. The number of nitrogens with one attached hydrogen (secondary N) is 2. The molecule has 0 spiro atoms. The summed E-state index contributed by atoms with van der Waals surface area (Å²) in [5.41, 5.74) is 0.334. The van der Waals surface area contributed by atoms with Gasteiger partial charge in [0.15, 0.2) is 5.82 Å². The normalized spacial score (nSPS) is 15.5. The summed E-state index contributed by atoms with van der Waals surface area (Å²) in [6, 6.07) is 8.19. The minimum absolute atomic E-state index is 0.0169. The van der Waals surface area contributed by atoms with Crippen molar-refractivity contribution in [3.63, 3.8) is 0 Å². The summed E-state index contributed by atoms with van der Waals surface area (Å²) in [6.07, 6.45) is -0.550. The summed E-state index contributed by atoms with van der Waals surface area (Å²) in [5, 5.41) is 14.5. The maximum absolute atomic E-state index is 13.3. The fraction of sp³-hybridized carbons (Fsp3) is 0.480. The van der Waals surface area contributed by atoms with E-state index in [1.807, 2.05) is 6.92 Å². The Morgan fingerprint density at radius 2 is 1.88 bits per heavy atom. The van der Waals surface area contributed by atoms with Crippen LogP contribution in [0.3, 0.4) is 0 Å². The third-order valence-electron chi connectivity index (χ3n) is 5.67. The van der Waals surface area contributed by atoms with Crippen molar-refractivity contribution >= 4 is 25.6 Å². The molecular formula is C25H34N5O9P. The molecule has 0 bridgehead atoms. The van der Waals surface area contributed by atoms with Crippen molar-refractivity contribution in [3.05, 3.63) is 42.1 Å². The van der Waals surface area contributed by atoms with Gasteiger partial charge in [-0.3, -0.25) is 9.36 Å². The summed E-state index contributed by atoms with van der Waals surface area (Å²) in [4.78, 5) is 59.0. The summed E-state index contributed by atoms with van der Waals surface area (Å²) < 4.78 is 28.1. The highest BCUT2D eigenvalue weighted by atomic mass is 31.2. The Kier molecular flexibility index (Phi) is 12.0. The Labute approximate surface area is 231 Å². The van der Waals surface area contributed by atoms with E-state index in [1.54, 1.807) is 30.3 Å². The predicted molar refractivity (Wildman–Crippen MR) is 143 cm³/mol. The van der Waals surface area contributed by atoms with Crippen molar-refractivity contribution in [1.29, 1.82) is 0 Å². The first kappa shape index (κ1) is 31.1. The molecule has 1 aromatic carbocycles. The third kappa shape index (κ3) is 9.65. The molecule has 1 saturated heterocycles. The number of nitrogens with zero attached hydrogens (tertiary/aromatic N) is 3. The van der Waals surface area contributed by atoms with Crippen LogP contribution in [0.2, 0.25) is 0 Å². The number of aliphatic hydroxyl groups is 1. The van der Waals surface area contributed by atoms with E-state index in [0.29, 0.717) is 44.6 Å². The largest absolute Gasteiger partial charge is 0.475 e. The number of carbonyl (C=O) groups excluding carboxylic acids is 3. The molecule has 1 aliphatic rings. The monoisotopic (exact) mass is 579 g/mol. The zero-order valence-corrected chi connectivity index (χ0v) is 23.0. The Balaban J connectivity index is 1.85. The molecule has 1 fully saturated rings. The molecular weight excluding hydrogens is 545 g/mol. The van der Waals surface area contributed by atoms with Gasteiger partial charge in [0, 0.05) is 37.8 Å². The average molecular weight is 580 g/mol. The van der Waals surface area contributed by atoms with E-state index < -0.39 is 37.8 Å². The van der Waals surface area contributed by atoms with Gasteiger partial charge in [-0.1, -0.05) is 43.7 Å². The molecule has 14 nitrogen and oxygen atoms in total. The average Bonchev–Trinajstić information content (AvgIpc) is 2.96. The van der Waals surface area contributed by atoms with Gasteiger partial charge in [-0.2, -0.15) is 4.98 Å². The van der Waals surface area contributed by atoms with Gasteiger partial charge < -0.3 is 39.5 Å². The number of unbranched alkanes of at least 4 members (excludes halogenated alkanes) is 1. The minimum atomic E-state index is -4.37. The van der Waals surface area contributed by atoms with E-state index in [-0.39, 0.29) is 37.2 Å². The lowest BCUT2D eigenvalue weighted by Gasteiger charge is -2.27. The lowest BCUT2D eigenvalue weighted by molar-refractivity contribution is -0.140.